The molecule has 1 aromatic carbocycles. The molecule has 0 aliphatic carbocycles. The van der Waals surface area contributed by atoms with Crippen LogP contribution in [0.1, 0.15) is 41.5 Å². The zero-order valence-electron chi connectivity index (χ0n) is 21.4. The first-order chi connectivity index (χ1) is 15.7. The average Bonchev–Trinajstić information content (AvgIpc) is 2.73. The second-order valence-corrected chi connectivity index (χ2v) is 10.2. The summed E-state index contributed by atoms with van der Waals surface area (Å²) in [5.74, 6) is 1.40. The van der Waals surface area contributed by atoms with Gasteiger partial charge in [0.15, 0.2) is 11.5 Å². The molecular weight excluding hydrogens is 424 g/mol. The Morgan fingerprint density at radius 3 is 1.39 bits per heavy atom. The molecule has 0 amide bonds. The number of hydrogen-bond acceptors (Lipinski definition) is 7. The summed E-state index contributed by atoms with van der Waals surface area (Å²) in [7, 11) is 0. The van der Waals surface area contributed by atoms with Crippen LogP contribution in [-0.2, 0) is 23.7 Å². The van der Waals surface area contributed by atoms with Gasteiger partial charge < -0.3 is 33.2 Å². The van der Waals surface area contributed by atoms with Crippen molar-refractivity contribution in [3.63, 3.8) is 0 Å². The van der Waals surface area contributed by atoms with Crippen LogP contribution in [0, 0.1) is 10.8 Å². The van der Waals surface area contributed by atoms with Crippen LogP contribution in [0.4, 0.5) is 0 Å². The van der Waals surface area contributed by atoms with Crippen molar-refractivity contribution in [2.45, 2.75) is 47.1 Å². The van der Waals surface area contributed by atoms with Crippen molar-refractivity contribution < 1.29 is 33.2 Å². The molecule has 0 atom stereocenters. The van der Waals surface area contributed by atoms with Gasteiger partial charge in [0.25, 0.3) is 0 Å². The molecule has 0 aromatic heterocycles. The van der Waals surface area contributed by atoms with E-state index in [-0.39, 0.29) is 10.8 Å². The summed E-state index contributed by atoms with van der Waals surface area (Å²) in [6, 6.07) is 7.79. The molecule has 2 rings (SSSR count). The van der Waals surface area contributed by atoms with E-state index in [4.69, 9.17) is 33.2 Å². The maximum atomic E-state index is 6.84. The van der Waals surface area contributed by atoms with E-state index >= 15 is 0 Å². The Labute approximate surface area is 200 Å². The maximum absolute atomic E-state index is 6.84. The minimum absolute atomic E-state index is 0.217. The first kappa shape index (κ1) is 27.9. The highest BCUT2D eigenvalue weighted by molar-refractivity contribution is 5.40. The molecule has 0 bridgehead atoms. The molecule has 0 spiro atoms. The predicted octanol–water partition coefficient (Wildman–Crippen LogP) is 4.37. The van der Waals surface area contributed by atoms with E-state index in [1.807, 2.05) is 24.3 Å². The molecule has 1 aliphatic rings. The van der Waals surface area contributed by atoms with E-state index in [9.17, 15) is 0 Å². The molecule has 0 unspecified atom stereocenters. The summed E-state index contributed by atoms with van der Waals surface area (Å²) in [6.07, 6.45) is 0. The zero-order valence-corrected chi connectivity index (χ0v) is 21.4. The number of para-hydroxylation sites is 2. The quantitative estimate of drug-likeness (QED) is 0.560. The van der Waals surface area contributed by atoms with Crippen LogP contribution in [-0.4, -0.2) is 78.3 Å². The van der Waals surface area contributed by atoms with Crippen LogP contribution >= 0.6 is 0 Å². The Hall–Kier alpha value is -1.38. The van der Waals surface area contributed by atoms with Gasteiger partial charge in [0, 0.05) is 10.8 Å². The van der Waals surface area contributed by atoms with Crippen molar-refractivity contribution in [2.24, 2.45) is 10.8 Å². The number of rotatable bonds is 0. The summed E-state index contributed by atoms with van der Waals surface area (Å²) in [4.78, 5) is 0. The van der Waals surface area contributed by atoms with Gasteiger partial charge in [0.05, 0.1) is 66.1 Å². The van der Waals surface area contributed by atoms with Crippen molar-refractivity contribution in [1.82, 2.24) is 0 Å². The lowest BCUT2D eigenvalue weighted by molar-refractivity contribution is -0.161. The molecule has 33 heavy (non-hydrogen) atoms. The molecule has 0 saturated heterocycles. The summed E-state index contributed by atoms with van der Waals surface area (Å²) >= 11 is 0. The Morgan fingerprint density at radius 2 is 0.939 bits per heavy atom. The highest BCUT2D eigenvalue weighted by atomic mass is 16.6. The van der Waals surface area contributed by atoms with Crippen molar-refractivity contribution in [3.8, 4) is 11.5 Å². The van der Waals surface area contributed by atoms with E-state index in [2.05, 4.69) is 41.5 Å². The molecule has 0 saturated carbocycles. The fourth-order valence-electron chi connectivity index (χ4n) is 4.04. The Balaban J connectivity index is 2.20. The summed E-state index contributed by atoms with van der Waals surface area (Å²) in [6.45, 7) is 18.6. The second kappa shape index (κ2) is 13.5. The molecule has 1 aromatic rings. The molecule has 7 nitrogen and oxygen atoms in total. The van der Waals surface area contributed by atoms with E-state index in [1.54, 1.807) is 0 Å². The molecule has 0 fully saturated rings. The normalized spacial score (nSPS) is 21.0. The molecule has 7 heteroatoms. The SMILES string of the molecule is CC(C)(C)C1(C(C)(C)C)COCCOCCOCCOCCOCCOc2ccccc2O1. The Kier molecular flexibility index (Phi) is 11.4. The van der Waals surface area contributed by atoms with Gasteiger partial charge in [-0.3, -0.25) is 0 Å². The van der Waals surface area contributed by atoms with Crippen molar-refractivity contribution >= 4 is 0 Å². The van der Waals surface area contributed by atoms with Crippen molar-refractivity contribution in [1.29, 1.82) is 0 Å². The minimum Gasteiger partial charge on any atom is -0.487 e. The Bertz CT molecular complexity index is 649. The summed E-state index contributed by atoms with van der Waals surface area (Å²) in [5, 5.41) is 0. The van der Waals surface area contributed by atoms with E-state index < -0.39 is 5.60 Å². The summed E-state index contributed by atoms with van der Waals surface area (Å²) in [5.41, 5.74) is -1.05. The van der Waals surface area contributed by atoms with Gasteiger partial charge in [0.1, 0.15) is 12.2 Å². The van der Waals surface area contributed by atoms with Crippen LogP contribution in [0.2, 0.25) is 0 Å². The lowest BCUT2D eigenvalue weighted by atomic mass is 9.62. The largest absolute Gasteiger partial charge is 0.487 e. The van der Waals surface area contributed by atoms with Gasteiger partial charge in [-0.2, -0.15) is 0 Å². The van der Waals surface area contributed by atoms with Gasteiger partial charge in [-0.15, -0.1) is 0 Å². The molecule has 0 radical (unpaired) electrons. The van der Waals surface area contributed by atoms with Crippen LogP contribution in [0.15, 0.2) is 24.3 Å². The first-order valence-corrected chi connectivity index (χ1v) is 12.0. The molecule has 1 heterocycles. The minimum atomic E-state index is -0.616. The molecule has 0 N–H and O–H groups in total. The fourth-order valence-corrected chi connectivity index (χ4v) is 4.04. The monoisotopic (exact) mass is 468 g/mol. The predicted molar refractivity (Wildman–Crippen MR) is 128 cm³/mol. The maximum Gasteiger partial charge on any atom is 0.162 e. The Morgan fingerprint density at radius 1 is 0.545 bits per heavy atom. The second-order valence-electron chi connectivity index (χ2n) is 10.2. The third kappa shape index (κ3) is 8.72. The van der Waals surface area contributed by atoms with Gasteiger partial charge >= 0.3 is 0 Å². The van der Waals surface area contributed by atoms with Crippen LogP contribution in [0.25, 0.3) is 0 Å². The van der Waals surface area contributed by atoms with Crippen LogP contribution < -0.4 is 9.47 Å². The molecule has 1 aliphatic heterocycles. The van der Waals surface area contributed by atoms with Gasteiger partial charge in [-0.25, -0.2) is 0 Å². The van der Waals surface area contributed by atoms with Crippen LogP contribution in [0.5, 0.6) is 11.5 Å². The molecule has 190 valence electrons. The van der Waals surface area contributed by atoms with Crippen molar-refractivity contribution in [3.05, 3.63) is 24.3 Å². The highest BCUT2D eigenvalue weighted by Crippen LogP contribution is 2.48. The van der Waals surface area contributed by atoms with E-state index in [0.29, 0.717) is 84.2 Å². The van der Waals surface area contributed by atoms with Crippen LogP contribution in [0.3, 0.4) is 0 Å². The third-order valence-corrected chi connectivity index (χ3v) is 5.83. The topological polar surface area (TPSA) is 64.6 Å². The van der Waals surface area contributed by atoms with E-state index in [1.165, 1.54) is 0 Å². The van der Waals surface area contributed by atoms with Gasteiger partial charge in [-0.05, 0) is 12.1 Å². The fraction of sp³-hybridized carbons (Fsp3) is 0.769. The highest BCUT2D eigenvalue weighted by Gasteiger charge is 2.53. The lowest BCUT2D eigenvalue weighted by Crippen LogP contribution is -2.60. The smallest absolute Gasteiger partial charge is 0.162 e. The average molecular weight is 469 g/mol. The number of fused-ring (bicyclic) bond motifs is 1. The number of ether oxygens (including phenoxy) is 7. The van der Waals surface area contributed by atoms with E-state index in [0.717, 1.165) is 0 Å². The van der Waals surface area contributed by atoms with Gasteiger partial charge in [-0.1, -0.05) is 53.7 Å². The number of benzene rings is 1. The number of hydrogen-bond donors (Lipinski definition) is 0. The molecular formula is C26H44O7. The zero-order chi connectivity index (χ0) is 24.2. The third-order valence-electron chi connectivity index (χ3n) is 5.83. The van der Waals surface area contributed by atoms with Gasteiger partial charge in [0.2, 0.25) is 0 Å². The van der Waals surface area contributed by atoms with Crippen molar-refractivity contribution in [2.75, 3.05) is 72.7 Å². The standard InChI is InChI=1S/C26H44O7/c1-24(2,3)26(25(4,5)6)21-31-18-17-29-14-13-27-11-12-28-15-16-30-19-20-32-22-9-7-8-10-23(22)33-26/h7-10H,11-21H2,1-6H3. The summed E-state index contributed by atoms with van der Waals surface area (Å²) < 4.78 is 41.3. The lowest BCUT2D eigenvalue weighted by Gasteiger charge is -2.52. The first-order valence-electron chi connectivity index (χ1n) is 12.0.